The summed E-state index contributed by atoms with van der Waals surface area (Å²) in [6, 6.07) is 13.3. The van der Waals surface area contributed by atoms with Crippen LogP contribution in [0, 0.1) is 0 Å². The van der Waals surface area contributed by atoms with E-state index < -0.39 is 0 Å². The summed E-state index contributed by atoms with van der Waals surface area (Å²) in [5, 5.41) is 4.86. The number of nitrogens with one attached hydrogen (secondary N) is 1. The number of thiazole rings is 1. The number of aromatic nitrogens is 2. The Kier molecular flexibility index (Phi) is 5.55. The third-order valence-corrected chi connectivity index (χ3v) is 5.81. The molecule has 4 rings (SSSR count). The highest BCUT2D eigenvalue weighted by Gasteiger charge is 2.14. The summed E-state index contributed by atoms with van der Waals surface area (Å²) in [6.45, 7) is 0. The summed E-state index contributed by atoms with van der Waals surface area (Å²) in [5.41, 5.74) is 3.34. The molecule has 2 aromatic heterocycles. The Morgan fingerprint density at radius 3 is 2.83 bits per heavy atom. The fraction of sp³-hybridized carbons (Fsp3) is 0.143. The van der Waals surface area contributed by atoms with Crippen molar-refractivity contribution >= 4 is 43.8 Å². The van der Waals surface area contributed by atoms with Crippen LogP contribution in [-0.2, 0) is 11.2 Å². The molecule has 0 saturated carbocycles. The first-order chi connectivity index (χ1) is 14.1. The zero-order chi connectivity index (χ0) is 20.4. The van der Waals surface area contributed by atoms with Crippen LogP contribution in [-0.4, -0.2) is 29.5 Å². The van der Waals surface area contributed by atoms with E-state index in [1.807, 2.05) is 40.2 Å². The van der Waals surface area contributed by atoms with Gasteiger partial charge in [0, 0.05) is 33.4 Å². The third kappa shape index (κ3) is 4.13. The van der Waals surface area contributed by atoms with Gasteiger partial charge in [0.1, 0.15) is 11.5 Å². The summed E-state index contributed by atoms with van der Waals surface area (Å²) in [6.07, 6.45) is 2.18. The van der Waals surface area contributed by atoms with Gasteiger partial charge < -0.3 is 14.8 Å². The van der Waals surface area contributed by atoms with Crippen LogP contribution in [0.3, 0.4) is 0 Å². The number of hydrogen-bond donors (Lipinski definition) is 1. The van der Waals surface area contributed by atoms with Gasteiger partial charge in [-0.1, -0.05) is 28.1 Å². The number of hydrogen-bond acceptors (Lipinski definition) is 5. The number of nitrogens with zero attached hydrogens (tertiary/aromatic N) is 2. The van der Waals surface area contributed by atoms with Gasteiger partial charge >= 0.3 is 0 Å². The highest BCUT2D eigenvalue weighted by molar-refractivity contribution is 9.10. The molecule has 29 heavy (non-hydrogen) atoms. The SMILES string of the molecule is COc1ccc(OC)c(NC(=O)Cc2csc3nc(-c4cccc(Br)c4)cn23)c1. The molecule has 1 N–H and O–H groups in total. The van der Waals surface area contributed by atoms with E-state index in [4.69, 9.17) is 9.47 Å². The van der Waals surface area contributed by atoms with Crippen LogP contribution in [0.2, 0.25) is 0 Å². The number of benzene rings is 2. The summed E-state index contributed by atoms with van der Waals surface area (Å²) in [5.74, 6) is 1.08. The molecule has 6 nitrogen and oxygen atoms in total. The van der Waals surface area contributed by atoms with Crippen LogP contribution < -0.4 is 14.8 Å². The van der Waals surface area contributed by atoms with Gasteiger partial charge in [0.05, 0.1) is 32.0 Å². The molecule has 148 valence electrons. The van der Waals surface area contributed by atoms with Crippen molar-refractivity contribution in [3.05, 3.63) is 64.2 Å². The smallest absolute Gasteiger partial charge is 0.230 e. The van der Waals surface area contributed by atoms with E-state index >= 15 is 0 Å². The lowest BCUT2D eigenvalue weighted by Gasteiger charge is -2.11. The molecule has 0 aliphatic heterocycles. The van der Waals surface area contributed by atoms with Gasteiger partial charge in [-0.15, -0.1) is 11.3 Å². The van der Waals surface area contributed by atoms with E-state index in [0.717, 1.165) is 26.4 Å². The van der Waals surface area contributed by atoms with E-state index in [1.54, 1.807) is 32.4 Å². The third-order valence-electron chi connectivity index (χ3n) is 4.43. The molecule has 4 aromatic rings. The second-order valence-electron chi connectivity index (χ2n) is 6.31. The van der Waals surface area contributed by atoms with Crippen molar-refractivity contribution in [3.8, 4) is 22.8 Å². The first kappa shape index (κ1) is 19.5. The minimum Gasteiger partial charge on any atom is -0.497 e. The number of amides is 1. The van der Waals surface area contributed by atoms with Crippen molar-refractivity contribution in [2.75, 3.05) is 19.5 Å². The van der Waals surface area contributed by atoms with E-state index in [1.165, 1.54) is 11.3 Å². The lowest BCUT2D eigenvalue weighted by Crippen LogP contribution is -2.16. The maximum Gasteiger partial charge on any atom is 0.230 e. The number of rotatable bonds is 6. The van der Waals surface area contributed by atoms with Crippen molar-refractivity contribution in [1.29, 1.82) is 0 Å². The largest absolute Gasteiger partial charge is 0.497 e. The van der Waals surface area contributed by atoms with Crippen molar-refractivity contribution < 1.29 is 14.3 Å². The van der Waals surface area contributed by atoms with Crippen LogP contribution in [0.1, 0.15) is 5.69 Å². The number of halogens is 1. The van der Waals surface area contributed by atoms with Crippen LogP contribution in [0.15, 0.2) is 58.5 Å². The van der Waals surface area contributed by atoms with Gasteiger partial charge in [0.15, 0.2) is 4.96 Å². The second-order valence-corrected chi connectivity index (χ2v) is 8.06. The predicted octanol–water partition coefficient (Wildman–Crippen LogP) is 5.02. The number of carbonyl (C=O) groups is 1. The van der Waals surface area contributed by atoms with Crippen LogP contribution in [0.4, 0.5) is 5.69 Å². The molecule has 0 unspecified atom stereocenters. The normalized spacial score (nSPS) is 10.9. The van der Waals surface area contributed by atoms with Crippen molar-refractivity contribution in [1.82, 2.24) is 9.38 Å². The molecule has 1 amide bonds. The van der Waals surface area contributed by atoms with Crippen LogP contribution >= 0.6 is 27.3 Å². The summed E-state index contributed by atoms with van der Waals surface area (Å²) in [7, 11) is 3.15. The first-order valence-electron chi connectivity index (χ1n) is 8.80. The minimum absolute atomic E-state index is 0.144. The molecule has 0 aliphatic carbocycles. The first-order valence-corrected chi connectivity index (χ1v) is 10.5. The van der Waals surface area contributed by atoms with Gasteiger partial charge in [-0.05, 0) is 24.3 Å². The van der Waals surface area contributed by atoms with Crippen LogP contribution in [0.5, 0.6) is 11.5 Å². The number of carbonyl (C=O) groups excluding carboxylic acids is 1. The number of ether oxygens (including phenoxy) is 2. The zero-order valence-electron chi connectivity index (χ0n) is 15.8. The molecule has 2 aromatic carbocycles. The number of methoxy groups -OCH3 is 2. The molecule has 2 heterocycles. The van der Waals surface area contributed by atoms with E-state index in [2.05, 4.69) is 26.2 Å². The molecule has 8 heteroatoms. The fourth-order valence-corrected chi connectivity index (χ4v) is 4.29. The fourth-order valence-electron chi connectivity index (χ4n) is 3.01. The van der Waals surface area contributed by atoms with E-state index in [0.29, 0.717) is 17.2 Å². The Hall–Kier alpha value is -2.84. The Bertz CT molecular complexity index is 1190. The number of fused-ring (bicyclic) bond motifs is 1. The maximum absolute atomic E-state index is 12.7. The molecule has 0 atom stereocenters. The lowest BCUT2D eigenvalue weighted by molar-refractivity contribution is -0.115. The maximum atomic E-state index is 12.7. The van der Waals surface area contributed by atoms with E-state index in [9.17, 15) is 4.79 Å². The minimum atomic E-state index is -0.144. The highest BCUT2D eigenvalue weighted by atomic mass is 79.9. The molecular weight excluding hydrogens is 454 g/mol. The summed E-state index contributed by atoms with van der Waals surface area (Å²) >= 11 is 5.00. The zero-order valence-corrected chi connectivity index (χ0v) is 18.2. The van der Waals surface area contributed by atoms with Gasteiger partial charge in [-0.3, -0.25) is 9.20 Å². The van der Waals surface area contributed by atoms with Gasteiger partial charge in [0.2, 0.25) is 5.91 Å². The number of anilines is 1. The lowest BCUT2D eigenvalue weighted by atomic mass is 10.2. The second kappa shape index (κ2) is 8.26. The van der Waals surface area contributed by atoms with Gasteiger partial charge in [-0.2, -0.15) is 0 Å². The predicted molar refractivity (Wildman–Crippen MR) is 118 cm³/mol. The molecule has 0 aliphatic rings. The standard InChI is InChI=1S/C21H18BrN3O3S/c1-27-16-6-7-19(28-2)17(10-16)23-20(26)9-15-12-29-21-24-18(11-25(15)21)13-4-3-5-14(22)8-13/h3-8,10-12H,9H2,1-2H3,(H,23,26). The topological polar surface area (TPSA) is 64.9 Å². The highest BCUT2D eigenvalue weighted by Crippen LogP contribution is 2.30. The van der Waals surface area contributed by atoms with Crippen molar-refractivity contribution in [3.63, 3.8) is 0 Å². The van der Waals surface area contributed by atoms with Crippen molar-refractivity contribution in [2.45, 2.75) is 6.42 Å². The average molecular weight is 472 g/mol. The molecule has 0 radical (unpaired) electrons. The molecule has 0 bridgehead atoms. The van der Waals surface area contributed by atoms with Crippen LogP contribution in [0.25, 0.3) is 16.2 Å². The molecular formula is C21H18BrN3O3S. The van der Waals surface area contributed by atoms with E-state index in [-0.39, 0.29) is 12.3 Å². The quantitative estimate of drug-likeness (QED) is 0.428. The Morgan fingerprint density at radius 1 is 1.21 bits per heavy atom. The Balaban J connectivity index is 1.56. The monoisotopic (exact) mass is 471 g/mol. The van der Waals surface area contributed by atoms with Gasteiger partial charge in [-0.25, -0.2) is 4.98 Å². The Labute approximate surface area is 180 Å². The molecule has 0 fully saturated rings. The number of imidazole rings is 1. The molecule has 0 saturated heterocycles. The summed E-state index contributed by atoms with van der Waals surface area (Å²) in [4.78, 5) is 18.2. The average Bonchev–Trinajstić information content (AvgIpc) is 3.30. The Morgan fingerprint density at radius 2 is 2.07 bits per heavy atom. The van der Waals surface area contributed by atoms with Crippen molar-refractivity contribution in [2.24, 2.45) is 0 Å². The summed E-state index contributed by atoms with van der Waals surface area (Å²) < 4.78 is 13.5. The molecule has 0 spiro atoms. The van der Waals surface area contributed by atoms with Gasteiger partial charge in [0.25, 0.3) is 0 Å².